The lowest BCUT2D eigenvalue weighted by atomic mass is 9.99. The molecule has 3 heteroatoms. The minimum Gasteiger partial charge on any atom is -0.380 e. The van der Waals surface area contributed by atoms with Gasteiger partial charge in [-0.1, -0.05) is 25.5 Å². The molecular weight excluding hydrogens is 248 g/mol. The fourth-order valence-electron chi connectivity index (χ4n) is 2.67. The maximum atomic E-state index is 5.55. The van der Waals surface area contributed by atoms with Gasteiger partial charge in [-0.05, 0) is 36.5 Å². The number of unbranched alkanes of at least 4 members (excludes halogenated alkanes) is 1. The second-order valence-electron chi connectivity index (χ2n) is 5.63. The van der Waals surface area contributed by atoms with Crippen LogP contribution in [0.4, 0.5) is 5.69 Å². The largest absolute Gasteiger partial charge is 0.380 e. The molecule has 1 N–H and O–H groups in total. The molecule has 0 bridgehead atoms. The van der Waals surface area contributed by atoms with Crippen molar-refractivity contribution in [2.75, 3.05) is 38.3 Å². The van der Waals surface area contributed by atoms with E-state index in [1.807, 2.05) is 0 Å². The molecule has 0 aromatic heterocycles. The van der Waals surface area contributed by atoms with Crippen molar-refractivity contribution in [1.82, 2.24) is 5.32 Å². The van der Waals surface area contributed by atoms with Crippen LogP contribution in [0.25, 0.3) is 0 Å². The van der Waals surface area contributed by atoms with Crippen LogP contribution in [0.5, 0.6) is 0 Å². The number of ether oxygens (including phenoxy) is 1. The summed E-state index contributed by atoms with van der Waals surface area (Å²) >= 11 is 0. The number of rotatable bonds is 8. The Balaban J connectivity index is 1.71. The Hall–Kier alpha value is -1.06. The van der Waals surface area contributed by atoms with Crippen molar-refractivity contribution in [2.24, 2.45) is 0 Å². The van der Waals surface area contributed by atoms with E-state index in [2.05, 4.69) is 42.4 Å². The van der Waals surface area contributed by atoms with Crippen molar-refractivity contribution in [3.63, 3.8) is 0 Å². The van der Waals surface area contributed by atoms with Crippen LogP contribution in [-0.4, -0.2) is 33.4 Å². The number of hydrogen-bond acceptors (Lipinski definition) is 3. The second kappa shape index (κ2) is 8.28. The average molecular weight is 276 g/mol. The van der Waals surface area contributed by atoms with Gasteiger partial charge in [-0.15, -0.1) is 0 Å². The maximum absolute atomic E-state index is 5.55. The Morgan fingerprint density at radius 3 is 3.05 bits per heavy atom. The highest BCUT2D eigenvalue weighted by Crippen LogP contribution is 2.26. The summed E-state index contributed by atoms with van der Waals surface area (Å²) in [4.78, 5) is 2.36. The number of anilines is 1. The molecule has 0 spiro atoms. The first kappa shape index (κ1) is 15.3. The highest BCUT2D eigenvalue weighted by Gasteiger charge is 2.13. The molecule has 1 heterocycles. The Labute approximate surface area is 123 Å². The predicted molar refractivity (Wildman–Crippen MR) is 85.5 cm³/mol. The zero-order valence-corrected chi connectivity index (χ0v) is 13.0. The van der Waals surface area contributed by atoms with Gasteiger partial charge < -0.3 is 15.0 Å². The van der Waals surface area contributed by atoms with Crippen LogP contribution in [0.15, 0.2) is 18.2 Å². The lowest BCUT2D eigenvalue weighted by molar-refractivity contribution is 0.133. The quantitative estimate of drug-likeness (QED) is 0.739. The van der Waals surface area contributed by atoms with Gasteiger partial charge in [-0.25, -0.2) is 0 Å². The van der Waals surface area contributed by atoms with Crippen LogP contribution >= 0.6 is 0 Å². The first-order chi connectivity index (χ1) is 9.81. The van der Waals surface area contributed by atoms with Gasteiger partial charge in [0.25, 0.3) is 0 Å². The molecule has 112 valence electrons. The topological polar surface area (TPSA) is 24.5 Å². The molecule has 0 unspecified atom stereocenters. The number of nitrogens with one attached hydrogen (secondary N) is 1. The molecule has 0 amide bonds. The van der Waals surface area contributed by atoms with Crippen LogP contribution in [0.2, 0.25) is 0 Å². The van der Waals surface area contributed by atoms with Crippen LogP contribution in [0.3, 0.4) is 0 Å². The SMILES string of the molecule is CCCCOCCNCc1ccc2c(c1)CCCN2C. The highest BCUT2D eigenvalue weighted by molar-refractivity contribution is 5.56. The van der Waals surface area contributed by atoms with Crippen LogP contribution in [-0.2, 0) is 17.7 Å². The zero-order chi connectivity index (χ0) is 14.2. The van der Waals surface area contributed by atoms with Gasteiger partial charge in [0.15, 0.2) is 0 Å². The Bertz CT molecular complexity index is 406. The third-order valence-electron chi connectivity index (χ3n) is 3.89. The normalized spacial score (nSPS) is 14.4. The van der Waals surface area contributed by atoms with E-state index in [-0.39, 0.29) is 0 Å². The van der Waals surface area contributed by atoms with E-state index in [1.165, 1.54) is 49.0 Å². The highest BCUT2D eigenvalue weighted by atomic mass is 16.5. The first-order valence-corrected chi connectivity index (χ1v) is 7.92. The van der Waals surface area contributed by atoms with E-state index in [4.69, 9.17) is 4.74 Å². The monoisotopic (exact) mass is 276 g/mol. The molecule has 20 heavy (non-hydrogen) atoms. The third kappa shape index (κ3) is 4.50. The van der Waals surface area contributed by atoms with Crippen molar-refractivity contribution in [3.05, 3.63) is 29.3 Å². The molecule has 2 rings (SSSR count). The van der Waals surface area contributed by atoms with Gasteiger partial charge in [0.2, 0.25) is 0 Å². The molecule has 0 atom stereocenters. The molecule has 1 aromatic carbocycles. The summed E-state index contributed by atoms with van der Waals surface area (Å²) < 4.78 is 5.55. The molecule has 3 nitrogen and oxygen atoms in total. The number of nitrogens with zero attached hydrogens (tertiary/aromatic N) is 1. The standard InChI is InChI=1S/C17H28N2O/c1-3-4-11-20-12-9-18-14-15-7-8-17-16(13-15)6-5-10-19(17)2/h7-8,13,18H,3-6,9-12,14H2,1-2H3. The summed E-state index contributed by atoms with van der Waals surface area (Å²) in [5.74, 6) is 0. The molecule has 0 saturated heterocycles. The minimum absolute atomic E-state index is 0.813. The Kier molecular flexibility index (Phi) is 6.34. The van der Waals surface area contributed by atoms with Gasteiger partial charge in [0, 0.05) is 39.0 Å². The van der Waals surface area contributed by atoms with Crippen LogP contribution in [0.1, 0.15) is 37.3 Å². The van der Waals surface area contributed by atoms with Crippen LogP contribution in [0, 0.1) is 0 Å². The van der Waals surface area contributed by atoms with Crippen molar-refractivity contribution < 1.29 is 4.74 Å². The number of aryl methyl sites for hydroxylation is 1. The minimum atomic E-state index is 0.813. The molecule has 1 aliphatic rings. The van der Waals surface area contributed by atoms with E-state index in [9.17, 15) is 0 Å². The number of fused-ring (bicyclic) bond motifs is 1. The molecule has 0 radical (unpaired) electrons. The van der Waals surface area contributed by atoms with Gasteiger partial charge >= 0.3 is 0 Å². The fraction of sp³-hybridized carbons (Fsp3) is 0.647. The molecular formula is C17H28N2O. The van der Waals surface area contributed by atoms with E-state index in [1.54, 1.807) is 0 Å². The van der Waals surface area contributed by atoms with Crippen molar-refractivity contribution >= 4 is 5.69 Å². The van der Waals surface area contributed by atoms with Gasteiger partial charge in [-0.2, -0.15) is 0 Å². The smallest absolute Gasteiger partial charge is 0.0591 e. The summed E-state index contributed by atoms with van der Waals surface area (Å²) in [6.07, 6.45) is 4.86. The summed E-state index contributed by atoms with van der Waals surface area (Å²) in [5.41, 5.74) is 4.28. The van der Waals surface area contributed by atoms with Gasteiger partial charge in [0.1, 0.15) is 0 Å². The van der Waals surface area contributed by atoms with Crippen LogP contribution < -0.4 is 10.2 Å². The van der Waals surface area contributed by atoms with Crippen molar-refractivity contribution in [2.45, 2.75) is 39.2 Å². The summed E-state index contributed by atoms with van der Waals surface area (Å²) in [6.45, 7) is 6.95. The lowest BCUT2D eigenvalue weighted by Crippen LogP contribution is -2.25. The second-order valence-corrected chi connectivity index (χ2v) is 5.63. The van der Waals surface area contributed by atoms with E-state index < -0.39 is 0 Å². The van der Waals surface area contributed by atoms with E-state index >= 15 is 0 Å². The molecule has 0 fully saturated rings. The van der Waals surface area contributed by atoms with Gasteiger partial charge in [-0.3, -0.25) is 0 Å². The van der Waals surface area contributed by atoms with Crippen molar-refractivity contribution in [1.29, 1.82) is 0 Å². The summed E-state index contributed by atoms with van der Waals surface area (Å²) in [5, 5.41) is 3.46. The maximum Gasteiger partial charge on any atom is 0.0591 e. The summed E-state index contributed by atoms with van der Waals surface area (Å²) in [6, 6.07) is 6.87. The zero-order valence-electron chi connectivity index (χ0n) is 13.0. The Morgan fingerprint density at radius 2 is 2.20 bits per heavy atom. The first-order valence-electron chi connectivity index (χ1n) is 7.92. The average Bonchev–Trinajstić information content (AvgIpc) is 2.46. The van der Waals surface area contributed by atoms with Gasteiger partial charge in [0.05, 0.1) is 6.61 Å². The molecule has 1 aromatic rings. The number of benzene rings is 1. The van der Waals surface area contributed by atoms with E-state index in [0.29, 0.717) is 0 Å². The fourth-order valence-corrected chi connectivity index (χ4v) is 2.67. The molecule has 0 saturated carbocycles. The summed E-state index contributed by atoms with van der Waals surface area (Å²) in [7, 11) is 2.18. The number of hydrogen-bond donors (Lipinski definition) is 1. The lowest BCUT2D eigenvalue weighted by Gasteiger charge is -2.27. The molecule has 0 aliphatic carbocycles. The Morgan fingerprint density at radius 1 is 1.30 bits per heavy atom. The van der Waals surface area contributed by atoms with E-state index in [0.717, 1.165) is 26.3 Å². The third-order valence-corrected chi connectivity index (χ3v) is 3.89. The molecule has 1 aliphatic heterocycles. The van der Waals surface area contributed by atoms with Crippen molar-refractivity contribution in [3.8, 4) is 0 Å². The predicted octanol–water partition coefficient (Wildman–Crippen LogP) is 2.98.